The Kier molecular flexibility index (Phi) is 7.24. The number of benzene rings is 1. The molecule has 1 heterocycles. The number of nitrogens with zero attached hydrogens (tertiary/aromatic N) is 3. The van der Waals surface area contributed by atoms with Crippen molar-refractivity contribution in [2.75, 3.05) is 36.2 Å². The molecule has 27 heavy (non-hydrogen) atoms. The molecule has 2 aromatic rings. The summed E-state index contributed by atoms with van der Waals surface area (Å²) in [5.41, 5.74) is 0.474. The number of amides is 2. The van der Waals surface area contributed by atoms with Crippen LogP contribution in [-0.2, 0) is 19.6 Å². The Morgan fingerprint density at radius 2 is 1.85 bits per heavy atom. The van der Waals surface area contributed by atoms with Crippen LogP contribution in [0.4, 0.5) is 15.2 Å². The van der Waals surface area contributed by atoms with Gasteiger partial charge in [0, 0.05) is 12.7 Å². The van der Waals surface area contributed by atoms with Crippen molar-refractivity contribution in [3.63, 3.8) is 0 Å². The molecule has 0 aliphatic carbocycles. The standard InChI is InChI=1S/C14H16FN5O4S3/c1-20(27(2,23)24)7-11(21)17-13-18-19-14(26-13)25-8-12(22)16-10-5-3-9(15)4-6-10/h3-6H,7-8H2,1-2H3,(H,16,22)(H,17,18,21). The Labute approximate surface area is 163 Å². The lowest BCUT2D eigenvalue weighted by molar-refractivity contribution is -0.116. The van der Waals surface area contributed by atoms with Crippen LogP contribution < -0.4 is 10.6 Å². The zero-order chi connectivity index (χ0) is 20.0. The lowest BCUT2D eigenvalue weighted by atomic mass is 10.3. The van der Waals surface area contributed by atoms with Crippen LogP contribution in [-0.4, -0.2) is 60.3 Å². The van der Waals surface area contributed by atoms with E-state index in [4.69, 9.17) is 0 Å². The second-order valence-corrected chi connectivity index (χ2v) is 9.57. The van der Waals surface area contributed by atoms with Gasteiger partial charge in [0.05, 0.1) is 18.6 Å². The molecule has 9 nitrogen and oxygen atoms in total. The van der Waals surface area contributed by atoms with Crippen molar-refractivity contribution >= 4 is 55.8 Å². The fraction of sp³-hybridized carbons (Fsp3) is 0.286. The van der Waals surface area contributed by atoms with Gasteiger partial charge in [0.1, 0.15) is 5.82 Å². The van der Waals surface area contributed by atoms with E-state index < -0.39 is 21.7 Å². The van der Waals surface area contributed by atoms with Crippen molar-refractivity contribution in [3.8, 4) is 0 Å². The molecule has 1 aromatic heterocycles. The van der Waals surface area contributed by atoms with Crippen LogP contribution in [0.15, 0.2) is 28.6 Å². The predicted octanol–water partition coefficient (Wildman–Crippen LogP) is 1.24. The minimum Gasteiger partial charge on any atom is -0.325 e. The lowest BCUT2D eigenvalue weighted by Crippen LogP contribution is -2.34. The smallest absolute Gasteiger partial charge is 0.241 e. The fourth-order valence-corrected chi connectivity index (χ4v) is 3.57. The van der Waals surface area contributed by atoms with Gasteiger partial charge >= 0.3 is 0 Å². The number of carbonyl (C=O) groups is 2. The molecule has 2 rings (SSSR count). The van der Waals surface area contributed by atoms with Crippen LogP contribution in [0.1, 0.15) is 0 Å². The highest BCUT2D eigenvalue weighted by molar-refractivity contribution is 8.01. The molecule has 146 valence electrons. The molecule has 0 saturated heterocycles. The SMILES string of the molecule is CN(CC(=O)Nc1nnc(SCC(=O)Nc2ccc(F)cc2)s1)S(C)(=O)=O. The number of sulfonamides is 1. The molecule has 0 saturated carbocycles. The highest BCUT2D eigenvalue weighted by Crippen LogP contribution is 2.25. The molecule has 0 unspecified atom stereocenters. The maximum atomic E-state index is 12.8. The highest BCUT2D eigenvalue weighted by Gasteiger charge is 2.17. The maximum absolute atomic E-state index is 12.8. The Hall–Kier alpha value is -2.09. The second-order valence-electron chi connectivity index (χ2n) is 5.28. The first kappa shape index (κ1) is 21.2. The van der Waals surface area contributed by atoms with E-state index >= 15 is 0 Å². The summed E-state index contributed by atoms with van der Waals surface area (Å²) in [5, 5.41) is 12.9. The summed E-state index contributed by atoms with van der Waals surface area (Å²) < 4.78 is 36.7. The van der Waals surface area contributed by atoms with Crippen LogP contribution in [0.3, 0.4) is 0 Å². The Balaban J connectivity index is 1.80. The maximum Gasteiger partial charge on any atom is 0.241 e. The van der Waals surface area contributed by atoms with E-state index in [1.54, 1.807) is 0 Å². The largest absolute Gasteiger partial charge is 0.325 e. The molecule has 0 fully saturated rings. The van der Waals surface area contributed by atoms with Crippen LogP contribution in [0.25, 0.3) is 0 Å². The third kappa shape index (κ3) is 7.21. The summed E-state index contributed by atoms with van der Waals surface area (Å²) in [7, 11) is -2.17. The first-order valence-corrected chi connectivity index (χ1v) is 11.0. The number of hydrogen-bond donors (Lipinski definition) is 2. The number of hydrogen-bond acceptors (Lipinski definition) is 8. The number of anilines is 2. The van der Waals surface area contributed by atoms with Crippen LogP contribution in [0.5, 0.6) is 0 Å². The van der Waals surface area contributed by atoms with Gasteiger partial charge in [-0.2, -0.15) is 4.31 Å². The van der Waals surface area contributed by atoms with Gasteiger partial charge in [0.2, 0.25) is 27.0 Å². The van der Waals surface area contributed by atoms with Crippen molar-refractivity contribution in [2.24, 2.45) is 0 Å². The summed E-state index contributed by atoms with van der Waals surface area (Å²) in [6, 6.07) is 5.38. The molecular formula is C14H16FN5O4S3. The summed E-state index contributed by atoms with van der Waals surface area (Å²) in [6.07, 6.45) is 0.997. The third-order valence-corrected chi connectivity index (χ3v) is 6.27. The third-order valence-electron chi connectivity index (χ3n) is 3.04. The minimum absolute atomic E-state index is 0.0524. The number of carbonyl (C=O) groups excluding carboxylic acids is 2. The molecule has 1 aromatic carbocycles. The van der Waals surface area contributed by atoms with Gasteiger partial charge in [-0.1, -0.05) is 23.1 Å². The summed E-state index contributed by atoms with van der Waals surface area (Å²) in [6.45, 7) is -0.346. The highest BCUT2D eigenvalue weighted by atomic mass is 32.2. The molecule has 2 N–H and O–H groups in total. The van der Waals surface area contributed by atoms with E-state index in [-0.39, 0.29) is 23.3 Å². The van der Waals surface area contributed by atoms with Crippen molar-refractivity contribution in [1.82, 2.24) is 14.5 Å². The number of halogens is 1. The van der Waals surface area contributed by atoms with E-state index in [1.165, 1.54) is 31.3 Å². The molecule has 2 amide bonds. The van der Waals surface area contributed by atoms with Crippen LogP contribution in [0.2, 0.25) is 0 Å². The molecule has 0 radical (unpaired) electrons. The molecule has 13 heteroatoms. The van der Waals surface area contributed by atoms with E-state index in [0.29, 0.717) is 10.0 Å². The van der Waals surface area contributed by atoms with Gasteiger partial charge in [-0.15, -0.1) is 10.2 Å². The predicted molar refractivity (Wildman–Crippen MR) is 102 cm³/mol. The minimum atomic E-state index is -3.46. The van der Waals surface area contributed by atoms with Crippen molar-refractivity contribution in [3.05, 3.63) is 30.1 Å². The molecule has 0 atom stereocenters. The van der Waals surface area contributed by atoms with Gasteiger partial charge in [-0.25, -0.2) is 12.8 Å². The normalized spacial score (nSPS) is 11.4. The van der Waals surface area contributed by atoms with Crippen molar-refractivity contribution in [2.45, 2.75) is 4.34 Å². The van der Waals surface area contributed by atoms with Crippen molar-refractivity contribution < 1.29 is 22.4 Å². The van der Waals surface area contributed by atoms with E-state index in [2.05, 4.69) is 20.8 Å². The number of rotatable bonds is 8. The van der Waals surface area contributed by atoms with Gasteiger partial charge in [-0.05, 0) is 24.3 Å². The van der Waals surface area contributed by atoms with Crippen molar-refractivity contribution in [1.29, 1.82) is 0 Å². The first-order valence-electron chi connectivity index (χ1n) is 7.36. The Bertz CT molecular complexity index is 917. The molecule has 0 spiro atoms. The zero-order valence-corrected chi connectivity index (χ0v) is 16.8. The van der Waals surface area contributed by atoms with E-state index in [1.807, 2.05) is 0 Å². The number of likely N-dealkylation sites (N-methyl/N-ethyl adjacent to an activating group) is 1. The fourth-order valence-electron chi connectivity index (χ4n) is 1.65. The van der Waals surface area contributed by atoms with Gasteiger partial charge in [-0.3, -0.25) is 14.9 Å². The van der Waals surface area contributed by atoms with Gasteiger partial charge in [0.25, 0.3) is 0 Å². The van der Waals surface area contributed by atoms with Gasteiger partial charge in [0.15, 0.2) is 4.34 Å². The van der Waals surface area contributed by atoms with Crippen LogP contribution >= 0.6 is 23.1 Å². The summed E-state index contributed by atoms with van der Waals surface area (Å²) >= 11 is 2.18. The first-order chi connectivity index (χ1) is 12.6. The molecule has 0 bridgehead atoms. The monoisotopic (exact) mass is 433 g/mol. The topological polar surface area (TPSA) is 121 Å². The quantitative estimate of drug-likeness (QED) is 0.474. The number of nitrogens with one attached hydrogen (secondary N) is 2. The molecule has 0 aliphatic rings. The number of thioether (sulfide) groups is 1. The molecular weight excluding hydrogens is 417 g/mol. The summed E-state index contributed by atoms with van der Waals surface area (Å²) in [5.74, 6) is -1.20. The number of aromatic nitrogens is 2. The van der Waals surface area contributed by atoms with E-state index in [9.17, 15) is 22.4 Å². The summed E-state index contributed by atoms with van der Waals surface area (Å²) in [4.78, 5) is 23.7. The van der Waals surface area contributed by atoms with Gasteiger partial charge < -0.3 is 5.32 Å². The Morgan fingerprint density at radius 3 is 2.48 bits per heavy atom. The van der Waals surface area contributed by atoms with E-state index in [0.717, 1.165) is 33.7 Å². The average molecular weight is 434 g/mol. The average Bonchev–Trinajstić information content (AvgIpc) is 3.01. The van der Waals surface area contributed by atoms with Crippen LogP contribution in [0, 0.1) is 5.82 Å². The lowest BCUT2D eigenvalue weighted by Gasteiger charge is -2.12. The zero-order valence-electron chi connectivity index (χ0n) is 14.3. The molecule has 0 aliphatic heterocycles. The Morgan fingerprint density at radius 1 is 1.19 bits per heavy atom. The second kappa shape index (κ2) is 9.21.